The summed E-state index contributed by atoms with van der Waals surface area (Å²) in [5, 5.41) is 18.7. The second kappa shape index (κ2) is 7.85. The summed E-state index contributed by atoms with van der Waals surface area (Å²) in [6.45, 7) is 0. The smallest absolute Gasteiger partial charge is 0.322 e. The van der Waals surface area contributed by atoms with E-state index in [1.807, 2.05) is 6.07 Å². The fraction of sp³-hybridized carbons (Fsp3) is 0.125. The molecule has 0 saturated heterocycles. The van der Waals surface area contributed by atoms with Crippen LogP contribution >= 0.6 is 23.2 Å². The minimum atomic E-state index is -4.08. The van der Waals surface area contributed by atoms with E-state index in [-0.39, 0.29) is 16.3 Å². The summed E-state index contributed by atoms with van der Waals surface area (Å²) >= 11 is 11.8. The first-order valence-electron chi connectivity index (χ1n) is 6.92. The predicted octanol–water partition coefficient (Wildman–Crippen LogP) is 2.84. The number of carboxylic acids is 1. The number of rotatable bonds is 6. The van der Waals surface area contributed by atoms with Crippen molar-refractivity contribution in [2.75, 3.05) is 0 Å². The predicted molar refractivity (Wildman–Crippen MR) is 93.1 cm³/mol. The highest BCUT2D eigenvalue weighted by molar-refractivity contribution is 7.89. The Labute approximate surface area is 154 Å². The number of nitriles is 1. The molecule has 130 valence electrons. The number of carbonyl (C=O) groups is 1. The van der Waals surface area contributed by atoms with Crippen molar-refractivity contribution in [3.8, 4) is 6.07 Å². The van der Waals surface area contributed by atoms with Gasteiger partial charge in [0.1, 0.15) is 6.04 Å². The molecule has 0 fully saturated rings. The minimum Gasteiger partial charge on any atom is -0.480 e. The summed E-state index contributed by atoms with van der Waals surface area (Å²) in [5.74, 6) is -1.34. The Morgan fingerprint density at radius 1 is 1.20 bits per heavy atom. The van der Waals surface area contributed by atoms with Crippen molar-refractivity contribution < 1.29 is 18.3 Å². The molecule has 1 unspecified atom stereocenters. The number of carboxylic acid groups (broad SMARTS) is 1. The van der Waals surface area contributed by atoms with E-state index in [1.54, 1.807) is 0 Å². The molecule has 0 aliphatic rings. The number of halogens is 2. The largest absolute Gasteiger partial charge is 0.480 e. The standard InChI is InChI=1S/C16H12Cl2N2O4S/c17-12-4-3-11(14(18)8-12)7-15(16(21)22)20-25(23,24)13-5-1-10(9-19)2-6-13/h1-6,8,15,20H,7H2,(H,21,22). The van der Waals surface area contributed by atoms with E-state index in [2.05, 4.69) is 4.72 Å². The highest BCUT2D eigenvalue weighted by Crippen LogP contribution is 2.22. The average Bonchev–Trinajstić information content (AvgIpc) is 2.56. The molecular formula is C16H12Cl2N2O4S. The van der Waals surface area contributed by atoms with Gasteiger partial charge in [-0.2, -0.15) is 9.98 Å². The molecular weight excluding hydrogens is 387 g/mol. The third-order valence-electron chi connectivity index (χ3n) is 3.33. The average molecular weight is 399 g/mol. The van der Waals surface area contributed by atoms with Gasteiger partial charge in [0.15, 0.2) is 0 Å². The zero-order valence-electron chi connectivity index (χ0n) is 12.6. The zero-order chi connectivity index (χ0) is 18.6. The summed E-state index contributed by atoms with van der Waals surface area (Å²) in [7, 11) is -4.08. The Balaban J connectivity index is 2.25. The van der Waals surface area contributed by atoms with Gasteiger partial charge in [-0.1, -0.05) is 29.3 Å². The quantitative estimate of drug-likeness (QED) is 0.777. The van der Waals surface area contributed by atoms with Gasteiger partial charge in [0, 0.05) is 16.5 Å². The molecule has 0 bridgehead atoms. The molecule has 0 amide bonds. The van der Waals surface area contributed by atoms with Crippen LogP contribution in [0.15, 0.2) is 47.4 Å². The topological polar surface area (TPSA) is 107 Å². The van der Waals surface area contributed by atoms with Crippen LogP contribution in [0, 0.1) is 11.3 Å². The van der Waals surface area contributed by atoms with Crippen LogP contribution in [0.5, 0.6) is 0 Å². The van der Waals surface area contributed by atoms with Crippen molar-refractivity contribution in [3.63, 3.8) is 0 Å². The first-order chi connectivity index (χ1) is 11.7. The molecule has 1 atom stereocenters. The second-order valence-corrected chi connectivity index (χ2v) is 7.65. The zero-order valence-corrected chi connectivity index (χ0v) is 14.9. The normalized spacial score (nSPS) is 12.4. The van der Waals surface area contributed by atoms with E-state index < -0.39 is 22.0 Å². The summed E-state index contributed by atoms with van der Waals surface area (Å²) in [5.41, 5.74) is 0.739. The third kappa shape index (κ3) is 4.94. The number of sulfonamides is 1. The van der Waals surface area contributed by atoms with Gasteiger partial charge in [-0.25, -0.2) is 8.42 Å². The molecule has 2 N–H and O–H groups in total. The Morgan fingerprint density at radius 2 is 1.84 bits per heavy atom. The van der Waals surface area contributed by atoms with Crippen molar-refractivity contribution in [3.05, 3.63) is 63.6 Å². The van der Waals surface area contributed by atoms with Crippen LogP contribution in [0.4, 0.5) is 0 Å². The number of benzene rings is 2. The van der Waals surface area contributed by atoms with Gasteiger partial charge in [0.25, 0.3) is 0 Å². The van der Waals surface area contributed by atoms with Crippen molar-refractivity contribution in [2.45, 2.75) is 17.4 Å². The molecule has 0 saturated carbocycles. The van der Waals surface area contributed by atoms with Gasteiger partial charge in [-0.05, 0) is 42.0 Å². The van der Waals surface area contributed by atoms with E-state index in [0.717, 1.165) is 0 Å². The van der Waals surface area contributed by atoms with E-state index in [9.17, 15) is 18.3 Å². The lowest BCUT2D eigenvalue weighted by molar-refractivity contribution is -0.138. The molecule has 6 nitrogen and oxygen atoms in total. The highest BCUT2D eigenvalue weighted by atomic mass is 35.5. The molecule has 2 rings (SSSR count). The Bertz CT molecular complexity index is 938. The van der Waals surface area contributed by atoms with Crippen LogP contribution in [-0.2, 0) is 21.2 Å². The summed E-state index contributed by atoms with van der Waals surface area (Å²) in [6.07, 6.45) is -0.152. The first-order valence-corrected chi connectivity index (χ1v) is 9.16. The van der Waals surface area contributed by atoms with Gasteiger partial charge < -0.3 is 5.11 Å². The number of nitrogens with zero attached hydrogens (tertiary/aromatic N) is 1. The Kier molecular flexibility index (Phi) is 6.03. The monoisotopic (exact) mass is 398 g/mol. The van der Waals surface area contributed by atoms with Crippen molar-refractivity contribution in [2.24, 2.45) is 0 Å². The van der Waals surface area contributed by atoms with Crippen LogP contribution in [0.3, 0.4) is 0 Å². The first kappa shape index (κ1) is 19.2. The van der Waals surface area contributed by atoms with Crippen LogP contribution in [0.2, 0.25) is 10.0 Å². The molecule has 0 radical (unpaired) electrons. The van der Waals surface area contributed by atoms with Crippen LogP contribution < -0.4 is 4.72 Å². The maximum Gasteiger partial charge on any atom is 0.322 e. The molecule has 0 aliphatic heterocycles. The number of hydrogen-bond donors (Lipinski definition) is 2. The van der Waals surface area contributed by atoms with Crippen molar-refractivity contribution in [1.29, 1.82) is 5.26 Å². The van der Waals surface area contributed by atoms with Gasteiger partial charge in [-0.3, -0.25) is 4.79 Å². The maximum atomic E-state index is 12.4. The lowest BCUT2D eigenvalue weighted by Gasteiger charge is -2.16. The van der Waals surface area contributed by atoms with Crippen molar-refractivity contribution in [1.82, 2.24) is 4.72 Å². The molecule has 9 heteroatoms. The molecule has 0 aromatic heterocycles. The SMILES string of the molecule is N#Cc1ccc(S(=O)(=O)NC(Cc2ccc(Cl)cc2Cl)C(=O)O)cc1. The summed E-state index contributed by atoms with van der Waals surface area (Å²) in [4.78, 5) is 11.3. The lowest BCUT2D eigenvalue weighted by atomic mass is 10.1. The van der Waals surface area contributed by atoms with Crippen LogP contribution in [-0.4, -0.2) is 25.5 Å². The lowest BCUT2D eigenvalue weighted by Crippen LogP contribution is -2.42. The second-order valence-electron chi connectivity index (χ2n) is 5.09. The fourth-order valence-electron chi connectivity index (χ4n) is 2.05. The van der Waals surface area contributed by atoms with E-state index in [1.165, 1.54) is 42.5 Å². The Morgan fingerprint density at radius 3 is 2.36 bits per heavy atom. The van der Waals surface area contributed by atoms with Crippen molar-refractivity contribution >= 4 is 39.2 Å². The molecule has 0 aliphatic carbocycles. The fourth-order valence-corrected chi connectivity index (χ4v) is 3.73. The number of hydrogen-bond acceptors (Lipinski definition) is 4. The molecule has 0 spiro atoms. The molecule has 0 heterocycles. The van der Waals surface area contributed by atoms with Crippen LogP contribution in [0.1, 0.15) is 11.1 Å². The summed E-state index contributed by atoms with van der Waals surface area (Å²) in [6, 6.07) is 10.1. The third-order valence-corrected chi connectivity index (χ3v) is 5.40. The number of nitrogens with one attached hydrogen (secondary N) is 1. The van der Waals surface area contributed by atoms with Gasteiger partial charge in [-0.15, -0.1) is 0 Å². The number of aliphatic carboxylic acids is 1. The van der Waals surface area contributed by atoms with Gasteiger partial charge in [0.2, 0.25) is 10.0 Å². The van der Waals surface area contributed by atoms with Crippen LogP contribution in [0.25, 0.3) is 0 Å². The summed E-state index contributed by atoms with van der Waals surface area (Å²) < 4.78 is 26.9. The van der Waals surface area contributed by atoms with E-state index >= 15 is 0 Å². The van der Waals surface area contributed by atoms with Gasteiger partial charge >= 0.3 is 5.97 Å². The highest BCUT2D eigenvalue weighted by Gasteiger charge is 2.26. The van der Waals surface area contributed by atoms with Gasteiger partial charge in [0.05, 0.1) is 16.5 Å². The van der Waals surface area contributed by atoms with E-state index in [4.69, 9.17) is 28.5 Å². The molecule has 25 heavy (non-hydrogen) atoms. The molecule has 2 aromatic rings. The maximum absolute atomic E-state index is 12.4. The molecule has 2 aromatic carbocycles. The van der Waals surface area contributed by atoms with E-state index in [0.29, 0.717) is 16.1 Å². The minimum absolute atomic E-state index is 0.139. The Hall–Kier alpha value is -2.11.